The van der Waals surface area contributed by atoms with E-state index in [9.17, 15) is 4.79 Å². The Morgan fingerprint density at radius 2 is 2.12 bits per heavy atom. The molecule has 0 amide bonds. The minimum absolute atomic E-state index is 0.136. The molecule has 0 atom stereocenters. The minimum atomic E-state index is -0.136. The fourth-order valence-electron chi connectivity index (χ4n) is 2.60. The normalized spacial score (nSPS) is 11.2. The lowest BCUT2D eigenvalue weighted by molar-refractivity contribution is 0.567. The van der Waals surface area contributed by atoms with Gasteiger partial charge in [-0.05, 0) is 24.3 Å². The van der Waals surface area contributed by atoms with Gasteiger partial charge in [-0.2, -0.15) is 0 Å². The van der Waals surface area contributed by atoms with Crippen LogP contribution in [0.4, 0.5) is 0 Å². The molecule has 0 aliphatic rings. The van der Waals surface area contributed by atoms with Crippen molar-refractivity contribution in [2.75, 3.05) is 0 Å². The molecule has 4 aromatic rings. The molecular weight excluding hydrogens is 330 g/mol. The van der Waals surface area contributed by atoms with E-state index in [4.69, 9.17) is 16.0 Å². The number of rotatable bonds is 3. The first-order chi connectivity index (χ1) is 11.6. The molecule has 1 aromatic carbocycles. The molecule has 24 heavy (non-hydrogen) atoms. The van der Waals surface area contributed by atoms with E-state index in [0.717, 1.165) is 16.9 Å². The van der Waals surface area contributed by atoms with Gasteiger partial charge in [0.15, 0.2) is 0 Å². The fraction of sp³-hybridized carbons (Fsp3) is 0.125. The summed E-state index contributed by atoms with van der Waals surface area (Å²) in [4.78, 5) is 16.7. The van der Waals surface area contributed by atoms with Crippen LogP contribution in [0.15, 0.2) is 52.1 Å². The number of aryl methyl sites for hydroxylation is 1. The summed E-state index contributed by atoms with van der Waals surface area (Å²) in [6.45, 7) is 0.323. The molecule has 0 N–H and O–H groups in total. The molecule has 7 nitrogen and oxygen atoms in total. The molecule has 0 radical (unpaired) electrons. The van der Waals surface area contributed by atoms with E-state index < -0.39 is 0 Å². The number of aromatic nitrogens is 5. The Hall–Kier alpha value is -2.93. The first kappa shape index (κ1) is 14.6. The van der Waals surface area contributed by atoms with Crippen LogP contribution in [0.2, 0.25) is 5.02 Å². The second kappa shape index (κ2) is 5.61. The van der Waals surface area contributed by atoms with Crippen LogP contribution < -0.4 is 5.56 Å². The van der Waals surface area contributed by atoms with Crippen molar-refractivity contribution in [3.05, 3.63) is 64.1 Å². The lowest BCUT2D eigenvalue weighted by Crippen LogP contribution is -2.20. The number of benzene rings is 1. The van der Waals surface area contributed by atoms with Crippen molar-refractivity contribution in [2.24, 2.45) is 7.05 Å². The summed E-state index contributed by atoms with van der Waals surface area (Å²) in [5.41, 5.74) is 2.29. The molecule has 0 saturated heterocycles. The Morgan fingerprint density at radius 3 is 2.92 bits per heavy atom. The van der Waals surface area contributed by atoms with Crippen LogP contribution in [0.25, 0.3) is 22.5 Å². The van der Waals surface area contributed by atoms with Gasteiger partial charge in [0.25, 0.3) is 5.56 Å². The van der Waals surface area contributed by atoms with Gasteiger partial charge in [0.2, 0.25) is 12.3 Å². The van der Waals surface area contributed by atoms with E-state index >= 15 is 0 Å². The summed E-state index contributed by atoms with van der Waals surface area (Å²) in [6.07, 6.45) is 2.93. The smallest absolute Gasteiger partial charge is 0.250 e. The van der Waals surface area contributed by atoms with E-state index in [-0.39, 0.29) is 5.56 Å². The molecule has 0 aliphatic heterocycles. The van der Waals surface area contributed by atoms with Gasteiger partial charge in [0.1, 0.15) is 5.82 Å². The van der Waals surface area contributed by atoms with E-state index in [1.807, 2.05) is 23.7 Å². The van der Waals surface area contributed by atoms with Crippen molar-refractivity contribution in [3.63, 3.8) is 0 Å². The highest BCUT2D eigenvalue weighted by Gasteiger charge is 2.11. The molecule has 0 aliphatic carbocycles. The summed E-state index contributed by atoms with van der Waals surface area (Å²) in [5.74, 6) is 1.11. The summed E-state index contributed by atoms with van der Waals surface area (Å²) >= 11 is 6.02. The molecule has 3 aromatic heterocycles. The SMILES string of the molecule is Cn1c(Cn2cc(-c3nnco3)ccc2=O)nc2cc(Cl)ccc21. The van der Waals surface area contributed by atoms with Gasteiger partial charge in [-0.1, -0.05) is 11.6 Å². The van der Waals surface area contributed by atoms with Gasteiger partial charge in [-0.25, -0.2) is 4.98 Å². The van der Waals surface area contributed by atoms with Gasteiger partial charge in [0, 0.05) is 24.3 Å². The first-order valence-electron chi connectivity index (χ1n) is 7.20. The van der Waals surface area contributed by atoms with Gasteiger partial charge in [-0.15, -0.1) is 10.2 Å². The average molecular weight is 342 g/mol. The van der Waals surface area contributed by atoms with Gasteiger partial charge < -0.3 is 13.6 Å². The maximum atomic E-state index is 12.2. The Kier molecular flexibility index (Phi) is 3.42. The standard InChI is InChI=1S/C16H12ClN5O2/c1-21-13-4-3-11(17)6-12(13)19-14(21)8-22-7-10(2-5-15(22)23)16-20-18-9-24-16/h2-7,9H,8H2,1H3. The average Bonchev–Trinajstić information content (AvgIpc) is 3.19. The molecule has 0 fully saturated rings. The maximum absolute atomic E-state index is 12.2. The predicted molar refractivity (Wildman–Crippen MR) is 88.8 cm³/mol. The Balaban J connectivity index is 1.77. The van der Waals surface area contributed by atoms with Gasteiger partial charge in [-0.3, -0.25) is 4.79 Å². The third-order valence-electron chi connectivity index (χ3n) is 3.84. The Morgan fingerprint density at radius 1 is 1.25 bits per heavy atom. The van der Waals surface area contributed by atoms with Crippen molar-refractivity contribution in [3.8, 4) is 11.5 Å². The number of pyridine rings is 1. The van der Waals surface area contributed by atoms with Crippen molar-refractivity contribution >= 4 is 22.6 Å². The molecule has 3 heterocycles. The van der Waals surface area contributed by atoms with Crippen LogP contribution in [-0.4, -0.2) is 24.3 Å². The monoisotopic (exact) mass is 341 g/mol. The van der Waals surface area contributed by atoms with Crippen LogP contribution in [-0.2, 0) is 13.6 Å². The molecule has 0 unspecified atom stereocenters. The second-order valence-corrected chi connectivity index (χ2v) is 5.78. The Labute approximate surface area is 141 Å². The lowest BCUT2D eigenvalue weighted by Gasteiger charge is -2.07. The van der Waals surface area contributed by atoms with E-state index in [2.05, 4.69) is 15.2 Å². The summed E-state index contributed by atoms with van der Waals surface area (Å²) in [7, 11) is 1.91. The summed E-state index contributed by atoms with van der Waals surface area (Å²) in [6, 6.07) is 8.65. The van der Waals surface area contributed by atoms with Crippen molar-refractivity contribution in [1.29, 1.82) is 0 Å². The Bertz CT molecular complexity index is 1080. The third kappa shape index (κ3) is 2.48. The van der Waals surface area contributed by atoms with Gasteiger partial charge in [0.05, 0.1) is 23.1 Å². The van der Waals surface area contributed by atoms with Crippen molar-refractivity contribution < 1.29 is 4.42 Å². The van der Waals surface area contributed by atoms with E-state index in [1.54, 1.807) is 22.9 Å². The van der Waals surface area contributed by atoms with Crippen molar-refractivity contribution in [1.82, 2.24) is 24.3 Å². The van der Waals surface area contributed by atoms with Crippen molar-refractivity contribution in [2.45, 2.75) is 6.54 Å². The number of halogens is 1. The summed E-state index contributed by atoms with van der Waals surface area (Å²) in [5, 5.41) is 8.14. The predicted octanol–water partition coefficient (Wildman–Crippen LogP) is 2.49. The summed E-state index contributed by atoms with van der Waals surface area (Å²) < 4.78 is 8.68. The molecule has 0 bridgehead atoms. The zero-order valence-electron chi connectivity index (χ0n) is 12.7. The largest absolute Gasteiger partial charge is 0.423 e. The molecule has 120 valence electrons. The van der Waals surface area contributed by atoms with Gasteiger partial charge >= 0.3 is 0 Å². The van der Waals surface area contributed by atoms with Crippen LogP contribution in [0, 0.1) is 0 Å². The molecule has 0 spiro atoms. The number of hydrogen-bond donors (Lipinski definition) is 0. The zero-order valence-corrected chi connectivity index (χ0v) is 13.4. The van der Waals surface area contributed by atoms with Crippen LogP contribution in [0.1, 0.15) is 5.82 Å². The molecule has 4 rings (SSSR count). The molecule has 0 saturated carbocycles. The topological polar surface area (TPSA) is 78.7 Å². The van der Waals surface area contributed by atoms with Crippen LogP contribution in [0.3, 0.4) is 0 Å². The van der Waals surface area contributed by atoms with Crippen LogP contribution >= 0.6 is 11.6 Å². The lowest BCUT2D eigenvalue weighted by atomic mass is 10.3. The number of imidazole rings is 1. The maximum Gasteiger partial charge on any atom is 0.250 e. The second-order valence-electron chi connectivity index (χ2n) is 5.35. The van der Waals surface area contributed by atoms with E-state index in [0.29, 0.717) is 23.0 Å². The first-order valence-corrected chi connectivity index (χ1v) is 7.57. The quantitative estimate of drug-likeness (QED) is 0.572. The zero-order chi connectivity index (χ0) is 16.7. The highest BCUT2D eigenvalue weighted by Crippen LogP contribution is 2.20. The number of fused-ring (bicyclic) bond motifs is 1. The highest BCUT2D eigenvalue weighted by molar-refractivity contribution is 6.31. The molecular formula is C16H12ClN5O2. The number of hydrogen-bond acceptors (Lipinski definition) is 5. The van der Waals surface area contributed by atoms with Crippen LogP contribution in [0.5, 0.6) is 0 Å². The van der Waals surface area contributed by atoms with E-state index in [1.165, 1.54) is 12.5 Å². The fourth-order valence-corrected chi connectivity index (χ4v) is 2.76. The molecule has 8 heteroatoms. The highest BCUT2D eigenvalue weighted by atomic mass is 35.5. The minimum Gasteiger partial charge on any atom is -0.423 e. The third-order valence-corrected chi connectivity index (χ3v) is 4.07. The number of nitrogens with zero attached hydrogens (tertiary/aromatic N) is 5.